The standard InChI is InChI=1S/C21H25N3O5/c1-22-19(27)15-8-4-5-9-16(15)24-17(25)10-11-21(22,24)20(28)29-14-18(26)23-12-6-2-3-7-13-23/h4-5,8-9H,2-3,6-7,10-14H2,1H3/t21-/m1/s1. The minimum absolute atomic E-state index is 0.126. The van der Waals surface area contributed by atoms with E-state index in [2.05, 4.69) is 0 Å². The lowest BCUT2D eigenvalue weighted by Gasteiger charge is -2.46. The Bertz CT molecular complexity index is 862. The molecule has 2 fully saturated rings. The lowest BCUT2D eigenvalue weighted by Crippen LogP contribution is -2.67. The molecule has 0 unspecified atom stereocenters. The Morgan fingerprint density at radius 3 is 2.48 bits per heavy atom. The van der Waals surface area contributed by atoms with Gasteiger partial charge in [0.1, 0.15) is 0 Å². The molecule has 0 bridgehead atoms. The first-order chi connectivity index (χ1) is 14.0. The molecule has 3 aliphatic rings. The summed E-state index contributed by atoms with van der Waals surface area (Å²) in [5.74, 6) is -1.57. The third kappa shape index (κ3) is 3.07. The van der Waals surface area contributed by atoms with Crippen LogP contribution in [0, 0.1) is 0 Å². The lowest BCUT2D eigenvalue weighted by molar-refractivity contribution is -0.161. The minimum atomic E-state index is -1.54. The van der Waals surface area contributed by atoms with Crippen molar-refractivity contribution >= 4 is 29.4 Å². The van der Waals surface area contributed by atoms with E-state index >= 15 is 0 Å². The van der Waals surface area contributed by atoms with Gasteiger partial charge in [0.15, 0.2) is 6.61 Å². The summed E-state index contributed by atoms with van der Waals surface area (Å²) < 4.78 is 5.41. The average molecular weight is 399 g/mol. The van der Waals surface area contributed by atoms with Crippen LogP contribution in [-0.2, 0) is 19.1 Å². The predicted molar refractivity (Wildman–Crippen MR) is 104 cm³/mol. The molecule has 0 spiro atoms. The minimum Gasteiger partial charge on any atom is -0.452 e. The van der Waals surface area contributed by atoms with Gasteiger partial charge in [0.2, 0.25) is 11.6 Å². The van der Waals surface area contributed by atoms with Crippen molar-refractivity contribution in [3.8, 4) is 0 Å². The number of likely N-dealkylation sites (N-methyl/N-ethyl adjacent to an activating group) is 1. The highest BCUT2D eigenvalue weighted by Crippen LogP contribution is 2.44. The van der Waals surface area contributed by atoms with Crippen LogP contribution in [0.15, 0.2) is 24.3 Å². The zero-order chi connectivity index (χ0) is 20.6. The molecule has 3 heterocycles. The van der Waals surface area contributed by atoms with Crippen molar-refractivity contribution in [2.45, 2.75) is 44.2 Å². The second-order valence-electron chi connectivity index (χ2n) is 7.80. The van der Waals surface area contributed by atoms with Gasteiger partial charge in [-0.3, -0.25) is 19.3 Å². The quantitative estimate of drug-likeness (QED) is 0.720. The summed E-state index contributed by atoms with van der Waals surface area (Å²) in [6, 6.07) is 6.74. The molecule has 154 valence electrons. The van der Waals surface area contributed by atoms with Crippen molar-refractivity contribution in [1.29, 1.82) is 0 Å². The first kappa shape index (κ1) is 19.4. The zero-order valence-corrected chi connectivity index (χ0v) is 16.6. The predicted octanol–water partition coefficient (Wildman–Crippen LogP) is 1.54. The maximum Gasteiger partial charge on any atom is 0.354 e. The number of benzene rings is 1. The fraction of sp³-hybridized carbons (Fsp3) is 0.524. The van der Waals surface area contributed by atoms with Crippen LogP contribution in [0.25, 0.3) is 0 Å². The first-order valence-electron chi connectivity index (χ1n) is 10.1. The topological polar surface area (TPSA) is 87.2 Å². The largest absolute Gasteiger partial charge is 0.452 e. The molecule has 8 heteroatoms. The number of amides is 3. The van der Waals surface area contributed by atoms with Crippen LogP contribution in [0.2, 0.25) is 0 Å². The molecule has 3 amide bonds. The first-order valence-corrected chi connectivity index (χ1v) is 10.1. The number of likely N-dealkylation sites (tertiary alicyclic amines) is 1. The Kier molecular flexibility index (Phi) is 5.02. The normalized spacial score (nSPS) is 24.1. The van der Waals surface area contributed by atoms with E-state index in [1.807, 2.05) is 0 Å². The number of fused-ring (bicyclic) bond motifs is 3. The average Bonchev–Trinajstić information content (AvgIpc) is 2.91. The number of carbonyl (C=O) groups is 4. The van der Waals surface area contributed by atoms with Gasteiger partial charge < -0.3 is 14.5 Å². The summed E-state index contributed by atoms with van der Waals surface area (Å²) in [6.45, 7) is 0.947. The number of para-hydroxylation sites is 1. The Labute approximate surface area is 169 Å². The molecule has 4 rings (SSSR count). The van der Waals surface area contributed by atoms with E-state index in [9.17, 15) is 19.2 Å². The van der Waals surface area contributed by atoms with Crippen molar-refractivity contribution in [3.63, 3.8) is 0 Å². The van der Waals surface area contributed by atoms with Gasteiger partial charge in [-0.05, 0) is 25.0 Å². The van der Waals surface area contributed by atoms with Crippen LogP contribution in [0.5, 0.6) is 0 Å². The van der Waals surface area contributed by atoms with Crippen LogP contribution >= 0.6 is 0 Å². The van der Waals surface area contributed by atoms with Gasteiger partial charge in [-0.2, -0.15) is 0 Å². The van der Waals surface area contributed by atoms with Crippen molar-refractivity contribution in [2.75, 3.05) is 31.6 Å². The Hall–Kier alpha value is -2.90. The van der Waals surface area contributed by atoms with E-state index in [0.29, 0.717) is 24.3 Å². The number of hydrogen-bond donors (Lipinski definition) is 0. The fourth-order valence-electron chi connectivity index (χ4n) is 4.55. The van der Waals surface area contributed by atoms with Gasteiger partial charge in [-0.25, -0.2) is 4.79 Å². The molecule has 0 saturated carbocycles. The van der Waals surface area contributed by atoms with Crippen molar-refractivity contribution in [2.24, 2.45) is 0 Å². The SMILES string of the molecule is CN1C(=O)c2ccccc2N2C(=O)CC[C@@]12C(=O)OCC(=O)N1CCCCCC1. The molecule has 1 aromatic rings. The number of anilines is 1. The maximum absolute atomic E-state index is 13.2. The number of esters is 1. The third-order valence-electron chi connectivity index (χ3n) is 6.15. The highest BCUT2D eigenvalue weighted by molar-refractivity contribution is 6.15. The molecule has 2 saturated heterocycles. The second-order valence-corrected chi connectivity index (χ2v) is 7.80. The molecule has 0 radical (unpaired) electrons. The van der Waals surface area contributed by atoms with Gasteiger partial charge in [0.25, 0.3) is 11.8 Å². The molecule has 0 aromatic heterocycles. The van der Waals surface area contributed by atoms with Crippen molar-refractivity contribution < 1.29 is 23.9 Å². The monoisotopic (exact) mass is 399 g/mol. The summed E-state index contributed by atoms with van der Waals surface area (Å²) in [5.41, 5.74) is -0.759. The van der Waals surface area contributed by atoms with Crippen LogP contribution < -0.4 is 4.90 Å². The second kappa shape index (κ2) is 7.50. The number of nitrogens with zero attached hydrogens (tertiary/aromatic N) is 3. The van der Waals surface area contributed by atoms with E-state index in [4.69, 9.17) is 4.74 Å². The third-order valence-corrected chi connectivity index (χ3v) is 6.15. The summed E-state index contributed by atoms with van der Waals surface area (Å²) >= 11 is 0. The number of carbonyl (C=O) groups excluding carboxylic acids is 4. The molecular weight excluding hydrogens is 374 g/mol. The van der Waals surface area contributed by atoms with E-state index in [1.54, 1.807) is 29.2 Å². The van der Waals surface area contributed by atoms with Gasteiger partial charge in [-0.15, -0.1) is 0 Å². The lowest BCUT2D eigenvalue weighted by atomic mass is 9.97. The Morgan fingerprint density at radius 1 is 1.07 bits per heavy atom. The highest BCUT2D eigenvalue weighted by Gasteiger charge is 2.60. The van der Waals surface area contributed by atoms with Crippen LogP contribution in [0.4, 0.5) is 5.69 Å². The number of rotatable bonds is 3. The van der Waals surface area contributed by atoms with Crippen molar-refractivity contribution in [1.82, 2.24) is 9.80 Å². The molecule has 3 aliphatic heterocycles. The van der Waals surface area contributed by atoms with Gasteiger partial charge >= 0.3 is 5.97 Å². The van der Waals surface area contributed by atoms with Gasteiger partial charge in [-0.1, -0.05) is 25.0 Å². The van der Waals surface area contributed by atoms with Crippen LogP contribution in [-0.4, -0.2) is 65.9 Å². The van der Waals surface area contributed by atoms with E-state index in [-0.39, 0.29) is 37.2 Å². The Balaban J connectivity index is 1.57. The summed E-state index contributed by atoms with van der Waals surface area (Å²) in [4.78, 5) is 55.6. The van der Waals surface area contributed by atoms with E-state index in [1.165, 1.54) is 16.8 Å². The molecule has 1 atom stereocenters. The molecule has 29 heavy (non-hydrogen) atoms. The smallest absolute Gasteiger partial charge is 0.354 e. The van der Waals surface area contributed by atoms with Gasteiger partial charge in [0, 0.05) is 33.0 Å². The Morgan fingerprint density at radius 2 is 1.76 bits per heavy atom. The molecular formula is C21H25N3O5. The summed E-state index contributed by atoms with van der Waals surface area (Å²) in [7, 11) is 1.50. The van der Waals surface area contributed by atoms with Crippen LogP contribution in [0.1, 0.15) is 48.9 Å². The summed E-state index contributed by atoms with van der Waals surface area (Å²) in [5, 5.41) is 0. The van der Waals surface area contributed by atoms with E-state index in [0.717, 1.165) is 25.7 Å². The van der Waals surface area contributed by atoms with Gasteiger partial charge in [0.05, 0.1) is 11.3 Å². The molecule has 0 aliphatic carbocycles. The van der Waals surface area contributed by atoms with Crippen molar-refractivity contribution in [3.05, 3.63) is 29.8 Å². The van der Waals surface area contributed by atoms with Crippen LogP contribution in [0.3, 0.4) is 0 Å². The number of ether oxygens (including phenoxy) is 1. The van der Waals surface area contributed by atoms with E-state index < -0.39 is 11.6 Å². The molecule has 8 nitrogen and oxygen atoms in total. The number of hydrogen-bond acceptors (Lipinski definition) is 5. The molecule has 1 aromatic carbocycles. The fourth-order valence-corrected chi connectivity index (χ4v) is 4.55. The zero-order valence-electron chi connectivity index (χ0n) is 16.6. The maximum atomic E-state index is 13.2. The highest BCUT2D eigenvalue weighted by atomic mass is 16.5. The molecule has 0 N–H and O–H groups in total. The summed E-state index contributed by atoms with van der Waals surface area (Å²) in [6.07, 6.45) is 4.34.